The number of carbonyl (C=O) groups is 1. The first-order valence-electron chi connectivity index (χ1n) is 10.3. The summed E-state index contributed by atoms with van der Waals surface area (Å²) in [6, 6.07) is 14.1. The summed E-state index contributed by atoms with van der Waals surface area (Å²) in [7, 11) is 0. The van der Waals surface area contributed by atoms with Crippen LogP contribution in [0.4, 0.5) is 13.2 Å². The van der Waals surface area contributed by atoms with Gasteiger partial charge >= 0.3 is 6.18 Å². The largest absolute Gasteiger partial charge is 0.489 e. The molecule has 3 rings (SSSR count). The summed E-state index contributed by atoms with van der Waals surface area (Å²) in [5.74, 6) is 1.26. The van der Waals surface area contributed by atoms with E-state index in [1.165, 1.54) is 0 Å². The van der Waals surface area contributed by atoms with Crippen molar-refractivity contribution in [3.8, 4) is 5.75 Å². The van der Waals surface area contributed by atoms with E-state index in [-0.39, 0.29) is 18.9 Å². The van der Waals surface area contributed by atoms with Gasteiger partial charge in [0.1, 0.15) is 24.7 Å². The highest BCUT2D eigenvalue weighted by Gasteiger charge is 2.27. The van der Waals surface area contributed by atoms with Crippen molar-refractivity contribution in [1.82, 2.24) is 10.5 Å². The number of amides is 1. The molecule has 0 radical (unpaired) electrons. The molecule has 9 heteroatoms. The molecular weight excluding hydrogens is 437 g/mol. The van der Waals surface area contributed by atoms with Gasteiger partial charge in [0.25, 0.3) is 0 Å². The van der Waals surface area contributed by atoms with Crippen molar-refractivity contribution in [1.29, 1.82) is 0 Å². The molecule has 3 aromatic rings. The van der Waals surface area contributed by atoms with Crippen molar-refractivity contribution in [3.63, 3.8) is 0 Å². The van der Waals surface area contributed by atoms with E-state index in [0.717, 1.165) is 28.1 Å². The van der Waals surface area contributed by atoms with Gasteiger partial charge in [-0.3, -0.25) is 4.79 Å². The Bertz CT molecular complexity index is 1030. The van der Waals surface area contributed by atoms with E-state index in [1.54, 1.807) is 36.4 Å². The topological polar surface area (TPSA) is 73.6 Å². The van der Waals surface area contributed by atoms with Crippen molar-refractivity contribution in [3.05, 3.63) is 82.2 Å². The molecule has 0 spiro atoms. The molecule has 1 N–H and O–H groups in total. The van der Waals surface area contributed by atoms with Crippen LogP contribution in [0.2, 0.25) is 0 Å². The van der Waals surface area contributed by atoms with Crippen LogP contribution >= 0.6 is 0 Å². The summed E-state index contributed by atoms with van der Waals surface area (Å²) in [6.45, 7) is 2.97. The number of halogens is 3. The molecule has 0 saturated heterocycles. The first-order valence-corrected chi connectivity index (χ1v) is 10.3. The molecule has 0 saturated carbocycles. The minimum absolute atomic E-state index is 0.121. The van der Waals surface area contributed by atoms with Crippen molar-refractivity contribution in [2.45, 2.75) is 46.2 Å². The van der Waals surface area contributed by atoms with E-state index in [0.29, 0.717) is 24.5 Å². The zero-order valence-corrected chi connectivity index (χ0v) is 18.4. The Morgan fingerprint density at radius 3 is 2.21 bits per heavy atom. The average Bonchev–Trinajstić information content (AvgIpc) is 3.09. The van der Waals surface area contributed by atoms with Gasteiger partial charge in [-0.2, -0.15) is 13.2 Å². The lowest BCUT2D eigenvalue weighted by atomic mass is 10.1. The molecule has 176 valence electrons. The summed E-state index contributed by atoms with van der Waals surface area (Å²) in [5, 5.41) is 6.73. The minimum atomic E-state index is -4.34. The van der Waals surface area contributed by atoms with Gasteiger partial charge in [0, 0.05) is 6.54 Å². The molecule has 0 aliphatic heterocycles. The maximum absolute atomic E-state index is 12.2. The number of aromatic nitrogens is 1. The lowest BCUT2D eigenvalue weighted by Gasteiger charge is -2.09. The SMILES string of the molecule is Cc1noc(C)c1COc1ccc(CC(=O)NCc2ccc(COCC(F)(F)F)cc2)cc1. The van der Waals surface area contributed by atoms with Crippen molar-refractivity contribution in [2.24, 2.45) is 0 Å². The Kier molecular flexibility index (Phi) is 8.11. The molecule has 0 unspecified atom stereocenters. The van der Waals surface area contributed by atoms with E-state index in [4.69, 9.17) is 9.26 Å². The van der Waals surface area contributed by atoms with Crippen LogP contribution in [0.1, 0.15) is 33.7 Å². The second-order valence-electron chi connectivity index (χ2n) is 7.61. The smallest absolute Gasteiger partial charge is 0.411 e. The number of hydrogen-bond donors (Lipinski definition) is 1. The van der Waals surface area contributed by atoms with E-state index in [9.17, 15) is 18.0 Å². The predicted molar refractivity (Wildman–Crippen MR) is 114 cm³/mol. The van der Waals surface area contributed by atoms with E-state index in [2.05, 4.69) is 15.2 Å². The zero-order chi connectivity index (χ0) is 23.8. The lowest BCUT2D eigenvalue weighted by Crippen LogP contribution is -2.24. The number of rotatable bonds is 10. The van der Waals surface area contributed by atoms with Gasteiger partial charge in [0.15, 0.2) is 0 Å². The van der Waals surface area contributed by atoms with Gasteiger partial charge in [0.05, 0.1) is 24.3 Å². The fourth-order valence-electron chi connectivity index (χ4n) is 3.05. The van der Waals surface area contributed by atoms with Crippen LogP contribution < -0.4 is 10.1 Å². The number of aryl methyl sites for hydroxylation is 2. The number of benzene rings is 2. The van der Waals surface area contributed by atoms with Crippen molar-refractivity contribution >= 4 is 5.91 Å². The zero-order valence-electron chi connectivity index (χ0n) is 18.4. The Labute approximate surface area is 189 Å². The van der Waals surface area contributed by atoms with E-state index in [1.807, 2.05) is 26.0 Å². The Morgan fingerprint density at radius 2 is 1.61 bits per heavy atom. The van der Waals surface area contributed by atoms with Crippen LogP contribution in [0, 0.1) is 13.8 Å². The van der Waals surface area contributed by atoms with Crippen LogP contribution in [0.15, 0.2) is 53.1 Å². The van der Waals surface area contributed by atoms with Crippen LogP contribution in [-0.2, 0) is 35.7 Å². The average molecular weight is 462 g/mol. The summed E-state index contributed by atoms with van der Waals surface area (Å²) < 4.78 is 51.8. The quantitative estimate of drug-likeness (QED) is 0.468. The fraction of sp³-hybridized carbons (Fsp3) is 0.333. The highest BCUT2D eigenvalue weighted by Crippen LogP contribution is 2.18. The number of hydrogen-bond acceptors (Lipinski definition) is 5. The predicted octanol–water partition coefficient (Wildman–Crippen LogP) is 4.81. The number of nitrogens with zero attached hydrogens (tertiary/aromatic N) is 1. The first kappa shape index (κ1) is 24.3. The minimum Gasteiger partial charge on any atom is -0.489 e. The van der Waals surface area contributed by atoms with E-state index < -0.39 is 12.8 Å². The molecule has 33 heavy (non-hydrogen) atoms. The standard InChI is InChI=1S/C24H25F3N2O4/c1-16-22(17(2)33-29-16)14-32-21-9-7-18(8-10-21)11-23(30)28-12-19-3-5-20(6-4-19)13-31-15-24(25,26)27/h3-10H,11-15H2,1-2H3,(H,28,30). The monoisotopic (exact) mass is 462 g/mol. The van der Waals surface area contributed by atoms with Crippen LogP contribution in [0.3, 0.4) is 0 Å². The molecule has 0 aliphatic rings. The van der Waals surface area contributed by atoms with Gasteiger partial charge in [-0.05, 0) is 42.7 Å². The molecule has 6 nitrogen and oxygen atoms in total. The summed E-state index contributed by atoms with van der Waals surface area (Å²) in [5.41, 5.74) is 4.02. The molecular formula is C24H25F3N2O4. The first-order chi connectivity index (χ1) is 15.7. The highest BCUT2D eigenvalue weighted by atomic mass is 19.4. The van der Waals surface area contributed by atoms with Crippen LogP contribution in [-0.4, -0.2) is 23.8 Å². The second kappa shape index (κ2) is 11.0. The Balaban J connectivity index is 1.40. The highest BCUT2D eigenvalue weighted by molar-refractivity contribution is 5.78. The molecule has 1 aromatic heterocycles. The van der Waals surface area contributed by atoms with Gasteiger partial charge in [-0.25, -0.2) is 0 Å². The van der Waals surface area contributed by atoms with Gasteiger partial charge in [-0.15, -0.1) is 0 Å². The van der Waals surface area contributed by atoms with Crippen LogP contribution in [0.25, 0.3) is 0 Å². The van der Waals surface area contributed by atoms with Gasteiger partial charge in [-0.1, -0.05) is 41.6 Å². The Morgan fingerprint density at radius 1 is 0.970 bits per heavy atom. The van der Waals surface area contributed by atoms with Crippen LogP contribution in [0.5, 0.6) is 5.75 Å². The molecule has 2 aromatic carbocycles. The van der Waals surface area contributed by atoms with Crippen molar-refractivity contribution < 1.29 is 32.0 Å². The molecule has 0 aliphatic carbocycles. The maximum Gasteiger partial charge on any atom is 0.411 e. The lowest BCUT2D eigenvalue weighted by molar-refractivity contribution is -0.176. The van der Waals surface area contributed by atoms with Gasteiger partial charge < -0.3 is 19.3 Å². The molecule has 1 amide bonds. The summed E-state index contributed by atoms with van der Waals surface area (Å²) in [4.78, 5) is 12.2. The normalized spacial score (nSPS) is 11.4. The molecule has 0 bridgehead atoms. The van der Waals surface area contributed by atoms with Gasteiger partial charge in [0.2, 0.25) is 5.91 Å². The molecule has 1 heterocycles. The van der Waals surface area contributed by atoms with E-state index >= 15 is 0 Å². The molecule has 0 fully saturated rings. The number of ether oxygens (including phenoxy) is 2. The fourth-order valence-corrected chi connectivity index (χ4v) is 3.05. The third-order valence-corrected chi connectivity index (χ3v) is 4.90. The third-order valence-electron chi connectivity index (χ3n) is 4.90. The second-order valence-corrected chi connectivity index (χ2v) is 7.61. The number of alkyl halides is 3. The molecule has 0 atom stereocenters. The third kappa shape index (κ3) is 7.94. The summed E-state index contributed by atoms with van der Waals surface area (Å²) >= 11 is 0. The Hall–Kier alpha value is -3.33. The van der Waals surface area contributed by atoms with Crippen molar-refractivity contribution in [2.75, 3.05) is 6.61 Å². The maximum atomic E-state index is 12.2. The summed E-state index contributed by atoms with van der Waals surface area (Å²) in [6.07, 6.45) is -4.12. The number of carbonyl (C=O) groups excluding carboxylic acids is 1. The number of nitrogens with one attached hydrogen (secondary N) is 1.